The molecule has 0 aliphatic heterocycles. The molecule has 0 atom stereocenters. The zero-order valence-electron chi connectivity index (χ0n) is 26.7. The third-order valence-corrected chi connectivity index (χ3v) is 11.9. The minimum atomic E-state index is 0.654. The van der Waals surface area contributed by atoms with Gasteiger partial charge in [-0.05, 0) is 23.3 Å². The topological polar surface area (TPSA) is 38.7 Å². The van der Waals surface area contributed by atoms with Crippen LogP contribution in [0.15, 0.2) is 164 Å². The summed E-state index contributed by atoms with van der Waals surface area (Å²) in [7, 11) is 0. The maximum Gasteiger partial charge on any atom is 0.164 e. The first-order valence-corrected chi connectivity index (χ1v) is 18.2. The van der Waals surface area contributed by atoms with Gasteiger partial charge in [-0.25, -0.2) is 15.0 Å². The van der Waals surface area contributed by atoms with E-state index in [2.05, 4.69) is 103 Å². The fourth-order valence-corrected chi connectivity index (χ4v) is 9.58. The zero-order valence-corrected chi connectivity index (χ0v) is 28.4. The van der Waals surface area contributed by atoms with Crippen molar-refractivity contribution in [2.75, 3.05) is 0 Å². The van der Waals surface area contributed by atoms with Gasteiger partial charge in [-0.2, -0.15) is 0 Å². The molecule has 0 aliphatic rings. The molecule has 0 N–H and O–H groups in total. The Morgan fingerprint density at radius 2 is 0.720 bits per heavy atom. The van der Waals surface area contributed by atoms with Crippen molar-refractivity contribution in [3.8, 4) is 56.4 Å². The van der Waals surface area contributed by atoms with Gasteiger partial charge >= 0.3 is 0 Å². The van der Waals surface area contributed by atoms with E-state index in [1.165, 1.54) is 57.0 Å². The van der Waals surface area contributed by atoms with Gasteiger partial charge in [-0.1, -0.05) is 152 Å². The van der Waals surface area contributed by atoms with Crippen LogP contribution in [0.4, 0.5) is 0 Å². The van der Waals surface area contributed by atoms with E-state index in [0.717, 1.165) is 22.3 Å². The quantitative estimate of drug-likeness (QED) is 0.182. The van der Waals surface area contributed by atoms with E-state index in [0.29, 0.717) is 17.5 Å². The fourth-order valence-electron chi connectivity index (χ4n) is 6.98. The number of rotatable bonds is 5. The van der Waals surface area contributed by atoms with Crippen LogP contribution in [0, 0.1) is 0 Å². The highest BCUT2D eigenvalue weighted by atomic mass is 32.1. The molecule has 7 aromatic carbocycles. The van der Waals surface area contributed by atoms with Crippen LogP contribution in [0.3, 0.4) is 0 Å². The molecule has 3 nitrogen and oxygen atoms in total. The SMILES string of the molecule is c1ccc(-c2nc(-c3ccccc3)nc(-c3cccc(-c4cccc5c4sc4c(-c6cccc7c6sc6ccccc67)cccc45)c3)n2)cc1. The summed E-state index contributed by atoms with van der Waals surface area (Å²) in [5, 5.41) is 5.21. The minimum absolute atomic E-state index is 0.654. The number of hydrogen-bond donors (Lipinski definition) is 0. The molecule has 0 amide bonds. The van der Waals surface area contributed by atoms with E-state index in [9.17, 15) is 0 Å². The van der Waals surface area contributed by atoms with Crippen molar-refractivity contribution in [1.82, 2.24) is 15.0 Å². The van der Waals surface area contributed by atoms with Gasteiger partial charge in [0.05, 0.1) is 0 Å². The van der Waals surface area contributed by atoms with Crippen molar-refractivity contribution in [3.63, 3.8) is 0 Å². The molecule has 3 aromatic heterocycles. The summed E-state index contributed by atoms with van der Waals surface area (Å²) in [6.07, 6.45) is 0. The summed E-state index contributed by atoms with van der Waals surface area (Å²) in [4.78, 5) is 14.9. The normalized spacial score (nSPS) is 11.6. The molecule has 0 spiro atoms. The van der Waals surface area contributed by atoms with Crippen LogP contribution in [0.1, 0.15) is 0 Å². The summed E-state index contributed by atoms with van der Waals surface area (Å²) >= 11 is 3.77. The van der Waals surface area contributed by atoms with E-state index in [1.54, 1.807) is 0 Å². The second-order valence-electron chi connectivity index (χ2n) is 12.4. The molecule has 0 bridgehead atoms. The Balaban J connectivity index is 1.13. The van der Waals surface area contributed by atoms with Crippen molar-refractivity contribution < 1.29 is 0 Å². The predicted octanol–water partition coefficient (Wildman–Crippen LogP) is 12.9. The lowest BCUT2D eigenvalue weighted by atomic mass is 9.98. The van der Waals surface area contributed by atoms with Gasteiger partial charge in [0.15, 0.2) is 17.5 Å². The van der Waals surface area contributed by atoms with Gasteiger partial charge in [0.25, 0.3) is 0 Å². The zero-order chi connectivity index (χ0) is 33.0. The average molecular weight is 674 g/mol. The van der Waals surface area contributed by atoms with E-state index < -0.39 is 0 Å². The predicted molar refractivity (Wildman–Crippen MR) is 213 cm³/mol. The number of nitrogens with zero attached hydrogens (tertiary/aromatic N) is 3. The highest BCUT2D eigenvalue weighted by Crippen LogP contribution is 2.47. The molecule has 0 radical (unpaired) electrons. The summed E-state index contributed by atoms with van der Waals surface area (Å²) in [5.74, 6) is 1.97. The van der Waals surface area contributed by atoms with Crippen molar-refractivity contribution in [2.45, 2.75) is 0 Å². The summed E-state index contributed by atoms with van der Waals surface area (Å²) in [6, 6.07) is 57.8. The van der Waals surface area contributed by atoms with Crippen LogP contribution < -0.4 is 0 Å². The molecule has 3 heterocycles. The van der Waals surface area contributed by atoms with Crippen LogP contribution in [-0.4, -0.2) is 15.0 Å². The molecule has 10 aromatic rings. The Hall–Kier alpha value is -6.01. The lowest BCUT2D eigenvalue weighted by Gasteiger charge is -2.10. The van der Waals surface area contributed by atoms with E-state index in [-0.39, 0.29) is 0 Å². The van der Waals surface area contributed by atoms with Gasteiger partial charge in [0.2, 0.25) is 0 Å². The van der Waals surface area contributed by atoms with Gasteiger partial charge in [0, 0.05) is 68.2 Å². The highest BCUT2D eigenvalue weighted by Gasteiger charge is 2.18. The largest absolute Gasteiger partial charge is 0.208 e. The van der Waals surface area contributed by atoms with Gasteiger partial charge in [-0.3, -0.25) is 0 Å². The lowest BCUT2D eigenvalue weighted by molar-refractivity contribution is 1.07. The Morgan fingerprint density at radius 3 is 1.36 bits per heavy atom. The third kappa shape index (κ3) is 4.82. The number of hydrogen-bond acceptors (Lipinski definition) is 5. The van der Waals surface area contributed by atoms with Gasteiger partial charge < -0.3 is 0 Å². The Morgan fingerprint density at radius 1 is 0.300 bits per heavy atom. The molecule has 0 saturated heterocycles. The number of fused-ring (bicyclic) bond motifs is 6. The van der Waals surface area contributed by atoms with Crippen LogP contribution in [0.5, 0.6) is 0 Å². The second-order valence-corrected chi connectivity index (χ2v) is 14.4. The molecule has 50 heavy (non-hydrogen) atoms. The molecule has 234 valence electrons. The Labute approximate surface area is 296 Å². The molecule has 0 aliphatic carbocycles. The van der Waals surface area contributed by atoms with Gasteiger partial charge in [0.1, 0.15) is 0 Å². The minimum Gasteiger partial charge on any atom is -0.208 e. The number of thiophene rings is 2. The standard InChI is InChI=1S/C45H27N3S2/c1-3-13-28(14-4-1)43-46-44(29-15-5-2-6-16-29)48-45(47-43)31-18-9-17-30(27-31)32-20-10-22-35-37-24-12-25-38(42(37)50-40(32)35)36-23-11-21-34-33-19-7-8-26-39(33)49-41(34)36/h1-27H. The number of aromatic nitrogens is 3. The third-order valence-electron chi connectivity index (χ3n) is 9.35. The average Bonchev–Trinajstić information content (AvgIpc) is 3.77. The molecule has 10 rings (SSSR count). The first kappa shape index (κ1) is 29.0. The van der Waals surface area contributed by atoms with E-state index in [1.807, 2.05) is 83.3 Å². The van der Waals surface area contributed by atoms with Crippen molar-refractivity contribution >= 4 is 63.0 Å². The van der Waals surface area contributed by atoms with Crippen molar-refractivity contribution in [3.05, 3.63) is 164 Å². The molecule has 0 unspecified atom stereocenters. The molecule has 0 saturated carbocycles. The maximum atomic E-state index is 5.00. The monoisotopic (exact) mass is 673 g/mol. The molecule has 5 heteroatoms. The van der Waals surface area contributed by atoms with Gasteiger partial charge in [-0.15, -0.1) is 22.7 Å². The van der Waals surface area contributed by atoms with Crippen molar-refractivity contribution in [1.29, 1.82) is 0 Å². The Kier molecular flexibility index (Phi) is 6.86. The maximum absolute atomic E-state index is 5.00. The summed E-state index contributed by atoms with van der Waals surface area (Å²) < 4.78 is 5.26. The van der Waals surface area contributed by atoms with E-state index in [4.69, 9.17) is 15.0 Å². The summed E-state index contributed by atoms with van der Waals surface area (Å²) in [6.45, 7) is 0. The fraction of sp³-hybridized carbons (Fsp3) is 0. The van der Waals surface area contributed by atoms with Crippen LogP contribution in [0.2, 0.25) is 0 Å². The molecule has 0 fully saturated rings. The molecular weight excluding hydrogens is 647 g/mol. The van der Waals surface area contributed by atoms with Crippen LogP contribution in [0.25, 0.3) is 96.8 Å². The highest BCUT2D eigenvalue weighted by molar-refractivity contribution is 7.27. The van der Waals surface area contributed by atoms with Crippen LogP contribution >= 0.6 is 22.7 Å². The van der Waals surface area contributed by atoms with E-state index >= 15 is 0 Å². The summed E-state index contributed by atoms with van der Waals surface area (Å²) in [5.41, 5.74) is 7.79. The second kappa shape index (κ2) is 11.8. The lowest BCUT2D eigenvalue weighted by Crippen LogP contribution is -2.00. The first-order chi connectivity index (χ1) is 24.8. The van der Waals surface area contributed by atoms with Crippen molar-refractivity contribution in [2.24, 2.45) is 0 Å². The number of benzene rings is 7. The smallest absolute Gasteiger partial charge is 0.164 e. The Bertz CT molecular complexity index is 2810. The first-order valence-electron chi connectivity index (χ1n) is 16.6. The molecular formula is C45H27N3S2. The van der Waals surface area contributed by atoms with Crippen LogP contribution in [-0.2, 0) is 0 Å².